The minimum Gasteiger partial charge on any atom is -0.388 e. The van der Waals surface area contributed by atoms with Crippen molar-refractivity contribution in [2.24, 2.45) is 0 Å². The fraction of sp³-hybridized carbons (Fsp3) is 0.895. The number of halogens is 1. The van der Waals surface area contributed by atoms with Gasteiger partial charge in [0.2, 0.25) is 0 Å². The number of aliphatic hydroxyl groups excluding tert-OH is 1. The lowest BCUT2D eigenvalue weighted by molar-refractivity contribution is 0.212. The van der Waals surface area contributed by atoms with E-state index in [-0.39, 0.29) is 0 Å². The number of hydrogen-bond acceptors (Lipinski definition) is 1. The van der Waals surface area contributed by atoms with E-state index in [4.69, 9.17) is 11.6 Å². The molecule has 0 aromatic rings. The molecule has 1 aliphatic carbocycles. The fourth-order valence-electron chi connectivity index (χ4n) is 3.22. The molecule has 1 aliphatic rings. The molecule has 1 rings (SSSR count). The van der Waals surface area contributed by atoms with Gasteiger partial charge >= 0.3 is 0 Å². The molecule has 124 valence electrons. The average molecular weight is 315 g/mol. The molecule has 0 bridgehead atoms. The quantitative estimate of drug-likeness (QED) is 0.599. The Morgan fingerprint density at radius 2 is 1.14 bits per heavy atom. The van der Waals surface area contributed by atoms with Crippen LogP contribution < -0.4 is 0 Å². The molecule has 21 heavy (non-hydrogen) atoms. The first kappa shape index (κ1) is 19.0. The first-order valence-corrected chi connectivity index (χ1v) is 9.69. The van der Waals surface area contributed by atoms with E-state index in [1.165, 1.54) is 82.6 Å². The van der Waals surface area contributed by atoms with Crippen molar-refractivity contribution >= 4 is 11.6 Å². The highest BCUT2D eigenvalue weighted by molar-refractivity contribution is 6.30. The van der Waals surface area contributed by atoms with Crippen LogP contribution in [0.1, 0.15) is 103 Å². The van der Waals surface area contributed by atoms with Gasteiger partial charge in [-0.15, -0.1) is 0 Å². The highest BCUT2D eigenvalue weighted by Crippen LogP contribution is 2.27. The van der Waals surface area contributed by atoms with Gasteiger partial charge in [0.1, 0.15) is 0 Å². The van der Waals surface area contributed by atoms with E-state index in [9.17, 15) is 5.11 Å². The lowest BCUT2D eigenvalue weighted by Gasteiger charge is -2.15. The molecule has 0 radical (unpaired) electrons. The first-order chi connectivity index (χ1) is 10.3. The summed E-state index contributed by atoms with van der Waals surface area (Å²) in [7, 11) is 0. The highest BCUT2D eigenvalue weighted by atomic mass is 35.5. The predicted molar refractivity (Wildman–Crippen MR) is 93.8 cm³/mol. The van der Waals surface area contributed by atoms with Crippen molar-refractivity contribution in [3.8, 4) is 0 Å². The molecule has 1 unspecified atom stereocenters. The summed E-state index contributed by atoms with van der Waals surface area (Å²) in [6, 6.07) is 0. The summed E-state index contributed by atoms with van der Waals surface area (Å²) in [5.41, 5.74) is 1.33. The first-order valence-electron chi connectivity index (χ1n) is 9.31. The molecule has 0 heterocycles. The Hall–Kier alpha value is -0.0100. The predicted octanol–water partition coefficient (Wildman–Crippen LogP) is 6.73. The Kier molecular flexibility index (Phi) is 11.4. The van der Waals surface area contributed by atoms with Crippen LogP contribution in [-0.4, -0.2) is 11.2 Å². The monoisotopic (exact) mass is 314 g/mol. The fourth-order valence-corrected chi connectivity index (χ4v) is 3.57. The lowest BCUT2D eigenvalue weighted by atomic mass is 9.98. The molecular weight excluding hydrogens is 280 g/mol. The van der Waals surface area contributed by atoms with Gasteiger partial charge in [0.15, 0.2) is 0 Å². The maximum absolute atomic E-state index is 10.00. The number of allylic oxidation sites excluding steroid dienone is 1. The molecule has 2 heteroatoms. The molecule has 1 N–H and O–H groups in total. The summed E-state index contributed by atoms with van der Waals surface area (Å²) in [4.78, 5) is 0. The third kappa shape index (κ3) is 8.88. The van der Waals surface area contributed by atoms with Gasteiger partial charge in [0.05, 0.1) is 6.10 Å². The zero-order chi connectivity index (χ0) is 15.3. The summed E-state index contributed by atoms with van der Waals surface area (Å²) >= 11 is 6.42. The zero-order valence-corrected chi connectivity index (χ0v) is 14.8. The summed E-state index contributed by atoms with van der Waals surface area (Å²) < 4.78 is 0. The third-order valence-electron chi connectivity index (χ3n) is 4.72. The van der Waals surface area contributed by atoms with Gasteiger partial charge in [-0.25, -0.2) is 0 Å². The van der Waals surface area contributed by atoms with Crippen molar-refractivity contribution in [2.75, 3.05) is 0 Å². The highest BCUT2D eigenvalue weighted by Gasteiger charge is 2.12. The summed E-state index contributed by atoms with van der Waals surface area (Å²) in [5.74, 6) is 0. The zero-order valence-electron chi connectivity index (χ0n) is 14.0. The summed E-state index contributed by atoms with van der Waals surface area (Å²) in [6.45, 7) is 2.00. The molecule has 0 spiro atoms. The van der Waals surface area contributed by atoms with Crippen LogP contribution in [0.3, 0.4) is 0 Å². The molecule has 1 nitrogen and oxygen atoms in total. The van der Waals surface area contributed by atoms with Gasteiger partial charge in [-0.1, -0.05) is 88.3 Å². The van der Waals surface area contributed by atoms with Crippen LogP contribution in [0.15, 0.2) is 10.6 Å². The second-order valence-corrected chi connectivity index (χ2v) is 7.03. The van der Waals surface area contributed by atoms with E-state index in [1.54, 1.807) is 0 Å². The second-order valence-electron chi connectivity index (χ2n) is 6.62. The number of rotatable bonds is 2. The van der Waals surface area contributed by atoms with Crippen LogP contribution in [0.25, 0.3) is 0 Å². The van der Waals surface area contributed by atoms with Crippen LogP contribution in [0.2, 0.25) is 0 Å². The molecule has 0 aliphatic heterocycles. The Balaban J connectivity index is 2.51. The van der Waals surface area contributed by atoms with Crippen molar-refractivity contribution in [3.05, 3.63) is 10.6 Å². The molecule has 1 saturated carbocycles. The Morgan fingerprint density at radius 1 is 0.810 bits per heavy atom. The molecule has 0 saturated heterocycles. The minimum absolute atomic E-state index is 0.441. The van der Waals surface area contributed by atoms with Crippen molar-refractivity contribution in [1.82, 2.24) is 0 Å². The smallest absolute Gasteiger partial charge is 0.0892 e. The number of aliphatic hydroxyl groups is 1. The number of hydrogen-bond donors (Lipinski definition) is 1. The van der Waals surface area contributed by atoms with Gasteiger partial charge < -0.3 is 5.11 Å². The van der Waals surface area contributed by atoms with Crippen molar-refractivity contribution in [3.63, 3.8) is 0 Å². The summed E-state index contributed by atoms with van der Waals surface area (Å²) in [5, 5.41) is 10.7. The van der Waals surface area contributed by atoms with Gasteiger partial charge in [0, 0.05) is 5.03 Å². The molecule has 1 fully saturated rings. The van der Waals surface area contributed by atoms with Gasteiger partial charge in [0.25, 0.3) is 0 Å². The molecule has 0 aromatic carbocycles. The van der Waals surface area contributed by atoms with Crippen LogP contribution in [0.5, 0.6) is 0 Å². The van der Waals surface area contributed by atoms with Crippen LogP contribution >= 0.6 is 11.6 Å². The SMILES string of the molecule is CCC(O)C(Cl)=C1CCCCCCCCCCCCCC1. The normalized spacial score (nSPS) is 22.1. The van der Waals surface area contributed by atoms with Crippen molar-refractivity contribution in [2.45, 2.75) is 109 Å². The summed E-state index contributed by atoms with van der Waals surface area (Å²) in [6.07, 6.45) is 18.8. The van der Waals surface area contributed by atoms with E-state index in [0.29, 0.717) is 0 Å². The van der Waals surface area contributed by atoms with E-state index in [0.717, 1.165) is 24.3 Å². The van der Waals surface area contributed by atoms with Crippen LogP contribution in [-0.2, 0) is 0 Å². The maximum Gasteiger partial charge on any atom is 0.0892 e. The van der Waals surface area contributed by atoms with Gasteiger partial charge in [-0.05, 0) is 32.1 Å². The Bertz CT molecular complexity index is 267. The molecule has 0 amide bonds. The van der Waals surface area contributed by atoms with Crippen molar-refractivity contribution < 1.29 is 5.11 Å². The average Bonchev–Trinajstić information content (AvgIpc) is 2.52. The van der Waals surface area contributed by atoms with Crippen LogP contribution in [0.4, 0.5) is 0 Å². The Morgan fingerprint density at radius 3 is 1.48 bits per heavy atom. The Labute approximate surface area is 137 Å². The molecular formula is C19H35ClO. The lowest BCUT2D eigenvalue weighted by Crippen LogP contribution is -2.07. The van der Waals surface area contributed by atoms with E-state index in [1.807, 2.05) is 6.92 Å². The largest absolute Gasteiger partial charge is 0.388 e. The maximum atomic E-state index is 10.00. The second kappa shape index (κ2) is 12.5. The standard InChI is InChI=1S/C19H35ClO/c1-2-18(21)19(20)17-15-13-11-9-7-5-3-4-6-8-10-12-14-16-17/h18,21H,2-16H2,1H3. The molecule has 1 atom stereocenters. The van der Waals surface area contributed by atoms with Gasteiger partial charge in [-0.3, -0.25) is 0 Å². The van der Waals surface area contributed by atoms with Crippen LogP contribution in [0, 0.1) is 0 Å². The minimum atomic E-state index is -0.441. The van der Waals surface area contributed by atoms with E-state index in [2.05, 4.69) is 0 Å². The van der Waals surface area contributed by atoms with E-state index >= 15 is 0 Å². The molecule has 0 aromatic heterocycles. The van der Waals surface area contributed by atoms with Crippen molar-refractivity contribution in [1.29, 1.82) is 0 Å². The topological polar surface area (TPSA) is 20.2 Å². The van der Waals surface area contributed by atoms with E-state index < -0.39 is 6.10 Å². The van der Waals surface area contributed by atoms with Gasteiger partial charge in [-0.2, -0.15) is 0 Å². The third-order valence-corrected chi connectivity index (χ3v) is 5.24.